The monoisotopic (exact) mass is 479 g/mol. The predicted octanol–water partition coefficient (Wildman–Crippen LogP) is 4.08. The lowest BCUT2D eigenvalue weighted by molar-refractivity contribution is -0.133. The van der Waals surface area contributed by atoms with Crippen LogP contribution in [0, 0.1) is 6.92 Å². The van der Waals surface area contributed by atoms with E-state index in [1.165, 1.54) is 4.68 Å². The lowest BCUT2D eigenvalue weighted by atomic mass is 9.94. The van der Waals surface area contributed by atoms with E-state index in [-0.39, 0.29) is 36.0 Å². The largest absolute Gasteiger partial charge is 0.351 e. The number of benzene rings is 1. The van der Waals surface area contributed by atoms with Crippen LogP contribution in [0.15, 0.2) is 24.3 Å². The van der Waals surface area contributed by atoms with Crippen LogP contribution in [0.1, 0.15) is 91.4 Å². The van der Waals surface area contributed by atoms with Crippen molar-refractivity contribution in [2.24, 2.45) is 0 Å². The number of rotatable bonds is 8. The zero-order valence-corrected chi connectivity index (χ0v) is 21.3. The molecule has 1 aliphatic heterocycles. The number of nitrogens with zero attached hydrogens (tertiary/aromatic N) is 3. The van der Waals surface area contributed by atoms with Crippen molar-refractivity contribution >= 4 is 23.4 Å². The molecule has 8 heteroatoms. The summed E-state index contributed by atoms with van der Waals surface area (Å²) in [5.41, 5.74) is 2.25. The van der Waals surface area contributed by atoms with Crippen molar-refractivity contribution in [2.75, 3.05) is 11.9 Å². The number of para-hydroxylation sites is 1. The molecule has 2 N–H and O–H groups in total. The van der Waals surface area contributed by atoms with Crippen LogP contribution in [-0.4, -0.2) is 50.5 Å². The van der Waals surface area contributed by atoms with Crippen molar-refractivity contribution in [1.29, 1.82) is 0 Å². The molecule has 1 aliphatic carbocycles. The molecule has 8 nitrogen and oxygen atoms in total. The molecule has 0 radical (unpaired) electrons. The number of carbonyl (C=O) groups is 3. The molecule has 2 aliphatic rings. The molecular formula is C27H37N5O3. The minimum Gasteiger partial charge on any atom is -0.351 e. The summed E-state index contributed by atoms with van der Waals surface area (Å²) >= 11 is 0. The average molecular weight is 480 g/mol. The van der Waals surface area contributed by atoms with Gasteiger partial charge in [-0.05, 0) is 50.7 Å². The maximum atomic E-state index is 13.6. The van der Waals surface area contributed by atoms with Gasteiger partial charge in [0.1, 0.15) is 11.2 Å². The third-order valence-corrected chi connectivity index (χ3v) is 7.42. The van der Waals surface area contributed by atoms with Crippen LogP contribution in [-0.2, 0) is 17.8 Å². The summed E-state index contributed by atoms with van der Waals surface area (Å²) in [6.45, 7) is 8.58. The molecule has 3 amide bonds. The van der Waals surface area contributed by atoms with E-state index in [1.807, 2.05) is 39.0 Å². The number of carbonyl (C=O) groups excluding carboxylic acids is 3. The van der Waals surface area contributed by atoms with Gasteiger partial charge < -0.3 is 15.5 Å². The summed E-state index contributed by atoms with van der Waals surface area (Å²) in [6, 6.07) is 7.63. The standard InChI is InChI=1S/C27H37N5O3/c1-5-7-15-31-25(34)22-16-21(24(33)29-23-18(3)11-10-12-19(23)6-2)30-32(22)17-27(31,4)26(35)28-20-13-8-9-14-20/h10-12,16,20H,5-9,13-15,17H2,1-4H3,(H,28,35)(H,29,33)/t27-/m1/s1. The number of unbranched alkanes of at least 4 members (excludes halogenated alkanes) is 1. The van der Waals surface area contributed by atoms with Crippen LogP contribution in [0.2, 0.25) is 0 Å². The third-order valence-electron chi connectivity index (χ3n) is 7.42. The number of anilines is 1. The zero-order valence-electron chi connectivity index (χ0n) is 21.3. The van der Waals surface area contributed by atoms with E-state index in [2.05, 4.69) is 22.7 Å². The first-order valence-electron chi connectivity index (χ1n) is 12.9. The van der Waals surface area contributed by atoms with Gasteiger partial charge in [-0.15, -0.1) is 0 Å². The second kappa shape index (κ2) is 10.2. The predicted molar refractivity (Wildman–Crippen MR) is 135 cm³/mol. The number of aromatic nitrogens is 2. The van der Waals surface area contributed by atoms with Gasteiger partial charge in [-0.3, -0.25) is 19.1 Å². The lowest BCUT2D eigenvalue weighted by Gasteiger charge is -2.43. The van der Waals surface area contributed by atoms with E-state index in [0.717, 1.165) is 61.8 Å². The van der Waals surface area contributed by atoms with E-state index >= 15 is 0 Å². The highest BCUT2D eigenvalue weighted by Crippen LogP contribution is 2.30. The minimum absolute atomic E-state index is 0.145. The van der Waals surface area contributed by atoms with E-state index in [9.17, 15) is 14.4 Å². The molecule has 2 heterocycles. The van der Waals surface area contributed by atoms with Crippen LogP contribution in [0.4, 0.5) is 5.69 Å². The smallest absolute Gasteiger partial charge is 0.276 e. The molecule has 1 aromatic heterocycles. The maximum absolute atomic E-state index is 13.6. The first-order chi connectivity index (χ1) is 16.8. The van der Waals surface area contributed by atoms with Crippen LogP contribution in [0.3, 0.4) is 0 Å². The molecule has 1 aromatic carbocycles. The molecule has 1 atom stereocenters. The van der Waals surface area contributed by atoms with Crippen molar-refractivity contribution in [1.82, 2.24) is 20.0 Å². The van der Waals surface area contributed by atoms with Crippen LogP contribution >= 0.6 is 0 Å². The molecule has 1 fully saturated rings. The number of fused-ring (bicyclic) bond motifs is 1. The summed E-state index contributed by atoms with van der Waals surface area (Å²) in [5, 5.41) is 10.6. The summed E-state index contributed by atoms with van der Waals surface area (Å²) < 4.78 is 1.53. The van der Waals surface area contributed by atoms with Crippen LogP contribution in [0.25, 0.3) is 0 Å². The Morgan fingerprint density at radius 3 is 2.63 bits per heavy atom. The van der Waals surface area contributed by atoms with E-state index in [4.69, 9.17) is 0 Å². The Kier molecular flexibility index (Phi) is 7.28. The molecule has 0 unspecified atom stereocenters. The quantitative estimate of drug-likeness (QED) is 0.596. The molecule has 1 saturated carbocycles. The van der Waals surface area contributed by atoms with Gasteiger partial charge in [0.15, 0.2) is 5.69 Å². The molecule has 0 spiro atoms. The first-order valence-corrected chi connectivity index (χ1v) is 12.9. The van der Waals surface area contributed by atoms with Gasteiger partial charge in [-0.25, -0.2) is 0 Å². The van der Waals surface area contributed by atoms with Crippen LogP contribution < -0.4 is 10.6 Å². The summed E-state index contributed by atoms with van der Waals surface area (Å²) in [4.78, 5) is 41.9. The second-order valence-corrected chi connectivity index (χ2v) is 10.0. The van der Waals surface area contributed by atoms with Gasteiger partial charge in [0.05, 0.1) is 6.54 Å². The number of hydrogen-bond donors (Lipinski definition) is 2. The second-order valence-electron chi connectivity index (χ2n) is 10.0. The highest BCUT2D eigenvalue weighted by Gasteiger charge is 2.48. The summed E-state index contributed by atoms with van der Waals surface area (Å²) in [5.74, 6) is -0.764. The maximum Gasteiger partial charge on any atom is 0.276 e. The zero-order chi connectivity index (χ0) is 25.2. The minimum atomic E-state index is -1.06. The van der Waals surface area contributed by atoms with Crippen molar-refractivity contribution in [3.8, 4) is 0 Å². The number of aryl methyl sites for hydroxylation is 2. The molecule has 4 rings (SSSR count). The molecule has 0 bridgehead atoms. The molecule has 35 heavy (non-hydrogen) atoms. The van der Waals surface area contributed by atoms with Gasteiger partial charge in [0.25, 0.3) is 11.8 Å². The fourth-order valence-corrected chi connectivity index (χ4v) is 5.21. The van der Waals surface area contributed by atoms with Gasteiger partial charge in [0, 0.05) is 24.3 Å². The van der Waals surface area contributed by atoms with Gasteiger partial charge in [-0.2, -0.15) is 5.10 Å². The summed E-state index contributed by atoms with van der Waals surface area (Å²) in [7, 11) is 0. The average Bonchev–Trinajstić information content (AvgIpc) is 3.50. The normalized spacial score (nSPS) is 20.1. The van der Waals surface area contributed by atoms with Gasteiger partial charge in [-0.1, -0.05) is 51.3 Å². The summed E-state index contributed by atoms with van der Waals surface area (Å²) in [6.07, 6.45) is 6.67. The van der Waals surface area contributed by atoms with Gasteiger partial charge >= 0.3 is 0 Å². The highest BCUT2D eigenvalue weighted by atomic mass is 16.2. The van der Waals surface area contributed by atoms with E-state index in [0.29, 0.717) is 12.2 Å². The van der Waals surface area contributed by atoms with E-state index in [1.54, 1.807) is 11.0 Å². The Labute approximate surface area is 207 Å². The number of amides is 3. The first kappa shape index (κ1) is 24.9. The van der Waals surface area contributed by atoms with Crippen LogP contribution in [0.5, 0.6) is 0 Å². The van der Waals surface area contributed by atoms with Crippen molar-refractivity contribution in [3.05, 3.63) is 46.8 Å². The Bertz CT molecular complexity index is 1120. The molecule has 188 valence electrons. The lowest BCUT2D eigenvalue weighted by Crippen LogP contribution is -2.65. The number of nitrogens with one attached hydrogen (secondary N) is 2. The Morgan fingerprint density at radius 1 is 1.20 bits per heavy atom. The topological polar surface area (TPSA) is 96.3 Å². The molecule has 2 aromatic rings. The Balaban J connectivity index is 1.62. The fraction of sp³-hybridized carbons (Fsp3) is 0.556. The third kappa shape index (κ3) is 4.83. The van der Waals surface area contributed by atoms with Gasteiger partial charge in [0.2, 0.25) is 5.91 Å². The van der Waals surface area contributed by atoms with Crippen molar-refractivity contribution in [2.45, 2.75) is 90.8 Å². The fourth-order valence-electron chi connectivity index (χ4n) is 5.21. The van der Waals surface area contributed by atoms with Crippen molar-refractivity contribution in [3.63, 3.8) is 0 Å². The Morgan fingerprint density at radius 2 is 1.94 bits per heavy atom. The van der Waals surface area contributed by atoms with Crippen molar-refractivity contribution < 1.29 is 14.4 Å². The molecular weight excluding hydrogens is 442 g/mol. The molecule has 0 saturated heterocycles. The van der Waals surface area contributed by atoms with E-state index < -0.39 is 5.54 Å². The highest BCUT2D eigenvalue weighted by molar-refractivity contribution is 6.06. The number of hydrogen-bond acceptors (Lipinski definition) is 4. The SMILES string of the molecule is CCCCN1C(=O)c2cc(C(=O)Nc3c(C)cccc3CC)nn2C[C@]1(C)C(=O)NC1CCCC1. The Hall–Kier alpha value is -3.16.